The van der Waals surface area contributed by atoms with E-state index in [1.165, 1.54) is 5.56 Å². The number of carbonyl (C=O) groups excluding carboxylic acids is 1. The van der Waals surface area contributed by atoms with Gasteiger partial charge < -0.3 is 5.73 Å². The van der Waals surface area contributed by atoms with Crippen LogP contribution in [0.3, 0.4) is 0 Å². The average molecular weight is 318 g/mol. The van der Waals surface area contributed by atoms with E-state index in [4.69, 9.17) is 5.73 Å². The Balaban J connectivity index is 2.38. The van der Waals surface area contributed by atoms with Crippen molar-refractivity contribution in [3.63, 3.8) is 0 Å². The van der Waals surface area contributed by atoms with Crippen LogP contribution >= 0.6 is 15.9 Å². The maximum atomic E-state index is 12.5. The van der Waals surface area contributed by atoms with Crippen LogP contribution in [0.4, 0.5) is 5.69 Å². The van der Waals surface area contributed by atoms with E-state index in [1.54, 1.807) is 18.2 Å². The number of ketones is 1. The molecule has 0 spiro atoms. The van der Waals surface area contributed by atoms with Crippen LogP contribution in [0.25, 0.3) is 0 Å². The molecule has 98 valence electrons. The van der Waals surface area contributed by atoms with Gasteiger partial charge in [-0.25, -0.2) is 0 Å². The molecule has 0 heterocycles. The summed E-state index contributed by atoms with van der Waals surface area (Å²) in [6, 6.07) is 13.1. The van der Waals surface area contributed by atoms with Crippen LogP contribution in [-0.4, -0.2) is 5.78 Å². The van der Waals surface area contributed by atoms with Crippen LogP contribution in [-0.2, 0) is 6.42 Å². The van der Waals surface area contributed by atoms with Crippen LogP contribution < -0.4 is 5.73 Å². The van der Waals surface area contributed by atoms with Gasteiger partial charge in [0, 0.05) is 21.3 Å². The highest BCUT2D eigenvalue weighted by atomic mass is 79.9. The van der Waals surface area contributed by atoms with E-state index in [2.05, 4.69) is 28.9 Å². The minimum Gasteiger partial charge on any atom is -0.399 e. The lowest BCUT2D eigenvalue weighted by Gasteiger charge is -2.07. The molecular weight excluding hydrogens is 302 g/mol. The Bertz CT molecular complexity index is 607. The monoisotopic (exact) mass is 317 g/mol. The van der Waals surface area contributed by atoms with Gasteiger partial charge in [-0.1, -0.05) is 47.5 Å². The molecule has 0 saturated carbocycles. The third-order valence-electron chi connectivity index (χ3n) is 2.96. The Labute approximate surface area is 121 Å². The molecule has 0 aliphatic carbocycles. The minimum absolute atomic E-state index is 0.00266. The summed E-state index contributed by atoms with van der Waals surface area (Å²) in [4.78, 5) is 12.5. The maximum absolute atomic E-state index is 12.5. The van der Waals surface area contributed by atoms with Crippen LogP contribution in [0.15, 0.2) is 46.9 Å². The van der Waals surface area contributed by atoms with Crippen molar-refractivity contribution in [2.24, 2.45) is 0 Å². The number of halogens is 1. The predicted octanol–water partition coefficient (Wildman–Crippen LogP) is 4.21. The molecule has 0 saturated heterocycles. The van der Waals surface area contributed by atoms with Gasteiger partial charge in [0.25, 0.3) is 0 Å². The normalized spacial score (nSPS) is 10.4. The van der Waals surface area contributed by atoms with Crippen molar-refractivity contribution in [2.75, 3.05) is 5.73 Å². The maximum Gasteiger partial charge on any atom is 0.194 e. The number of hydrogen-bond donors (Lipinski definition) is 1. The van der Waals surface area contributed by atoms with Gasteiger partial charge in [-0.05, 0) is 36.2 Å². The molecule has 2 aromatic rings. The Hall–Kier alpha value is -1.61. The van der Waals surface area contributed by atoms with E-state index in [0.29, 0.717) is 16.8 Å². The van der Waals surface area contributed by atoms with Crippen molar-refractivity contribution in [1.82, 2.24) is 0 Å². The largest absolute Gasteiger partial charge is 0.399 e. The standard InChI is InChI=1S/C16H16BrNO/c1-2-4-11-5-3-6-12(9-11)16(19)14-10-13(18)7-8-15(14)17/h3,5-10H,2,4,18H2,1H3. The minimum atomic E-state index is -0.00266. The van der Waals surface area contributed by atoms with Crippen molar-refractivity contribution in [3.05, 3.63) is 63.6 Å². The molecule has 0 fully saturated rings. The second-order valence-electron chi connectivity index (χ2n) is 4.52. The average Bonchev–Trinajstić information content (AvgIpc) is 2.41. The predicted molar refractivity (Wildman–Crippen MR) is 82.4 cm³/mol. The molecule has 2 nitrogen and oxygen atoms in total. The third kappa shape index (κ3) is 3.24. The Kier molecular flexibility index (Phi) is 4.38. The van der Waals surface area contributed by atoms with Crippen LogP contribution in [0.2, 0.25) is 0 Å². The summed E-state index contributed by atoms with van der Waals surface area (Å²) in [5.41, 5.74) is 8.84. The summed E-state index contributed by atoms with van der Waals surface area (Å²) in [6.45, 7) is 2.13. The van der Waals surface area contributed by atoms with Gasteiger partial charge in [0.05, 0.1) is 0 Å². The van der Waals surface area contributed by atoms with Gasteiger partial charge in [0.1, 0.15) is 0 Å². The first kappa shape index (κ1) is 13.8. The van der Waals surface area contributed by atoms with Gasteiger partial charge in [-0.3, -0.25) is 4.79 Å². The molecule has 19 heavy (non-hydrogen) atoms. The molecule has 0 aliphatic rings. The highest BCUT2D eigenvalue weighted by Crippen LogP contribution is 2.23. The fourth-order valence-electron chi connectivity index (χ4n) is 2.03. The van der Waals surface area contributed by atoms with Gasteiger partial charge in [-0.2, -0.15) is 0 Å². The summed E-state index contributed by atoms with van der Waals surface area (Å²) < 4.78 is 0.771. The van der Waals surface area contributed by atoms with Crippen LogP contribution in [0, 0.1) is 0 Å². The number of hydrogen-bond acceptors (Lipinski definition) is 2. The first-order valence-electron chi connectivity index (χ1n) is 6.30. The lowest BCUT2D eigenvalue weighted by Crippen LogP contribution is -2.04. The van der Waals surface area contributed by atoms with Crippen LogP contribution in [0.1, 0.15) is 34.8 Å². The number of carbonyl (C=O) groups is 1. The molecule has 3 heteroatoms. The molecule has 0 radical (unpaired) electrons. The zero-order chi connectivity index (χ0) is 13.8. The molecule has 0 unspecified atom stereocenters. The van der Waals surface area contributed by atoms with E-state index in [-0.39, 0.29) is 5.78 Å². The third-order valence-corrected chi connectivity index (χ3v) is 3.65. The topological polar surface area (TPSA) is 43.1 Å². The fraction of sp³-hybridized carbons (Fsp3) is 0.188. The summed E-state index contributed by atoms with van der Waals surface area (Å²) in [7, 11) is 0. The highest BCUT2D eigenvalue weighted by Gasteiger charge is 2.13. The fourth-order valence-corrected chi connectivity index (χ4v) is 2.46. The summed E-state index contributed by atoms with van der Waals surface area (Å²) in [5, 5.41) is 0. The second-order valence-corrected chi connectivity index (χ2v) is 5.37. The molecular formula is C16H16BrNO. The first-order valence-corrected chi connectivity index (χ1v) is 7.09. The van der Waals surface area contributed by atoms with Crippen molar-refractivity contribution in [1.29, 1.82) is 0 Å². The van der Waals surface area contributed by atoms with Gasteiger partial charge in [-0.15, -0.1) is 0 Å². The van der Waals surface area contributed by atoms with Crippen LogP contribution in [0.5, 0.6) is 0 Å². The number of nitrogens with two attached hydrogens (primary N) is 1. The van der Waals surface area contributed by atoms with Crippen molar-refractivity contribution < 1.29 is 4.79 Å². The molecule has 0 amide bonds. The molecule has 0 bridgehead atoms. The lowest BCUT2D eigenvalue weighted by molar-refractivity contribution is 0.103. The molecule has 2 rings (SSSR count). The van der Waals surface area contributed by atoms with E-state index in [1.807, 2.05) is 18.2 Å². The van der Waals surface area contributed by atoms with Crippen molar-refractivity contribution in [2.45, 2.75) is 19.8 Å². The number of nitrogen functional groups attached to an aromatic ring is 1. The number of rotatable bonds is 4. The summed E-state index contributed by atoms with van der Waals surface area (Å²) in [6.07, 6.45) is 2.05. The van der Waals surface area contributed by atoms with E-state index in [9.17, 15) is 4.79 Å². The van der Waals surface area contributed by atoms with Gasteiger partial charge in [0.15, 0.2) is 5.78 Å². The Morgan fingerprint density at radius 2 is 2.00 bits per heavy atom. The quantitative estimate of drug-likeness (QED) is 0.678. The highest BCUT2D eigenvalue weighted by molar-refractivity contribution is 9.10. The Morgan fingerprint density at radius 1 is 1.21 bits per heavy atom. The summed E-state index contributed by atoms with van der Waals surface area (Å²) >= 11 is 3.40. The molecule has 0 aromatic heterocycles. The van der Waals surface area contributed by atoms with Crippen molar-refractivity contribution >= 4 is 27.4 Å². The number of anilines is 1. The molecule has 2 aromatic carbocycles. The van der Waals surface area contributed by atoms with Crippen molar-refractivity contribution in [3.8, 4) is 0 Å². The Morgan fingerprint density at radius 3 is 2.74 bits per heavy atom. The molecule has 0 aliphatic heterocycles. The van der Waals surface area contributed by atoms with E-state index in [0.717, 1.165) is 17.3 Å². The molecule has 0 atom stereocenters. The number of aryl methyl sites for hydroxylation is 1. The SMILES string of the molecule is CCCc1cccc(C(=O)c2cc(N)ccc2Br)c1. The van der Waals surface area contributed by atoms with E-state index < -0.39 is 0 Å². The molecule has 2 N–H and O–H groups in total. The zero-order valence-electron chi connectivity index (χ0n) is 10.8. The summed E-state index contributed by atoms with van der Waals surface area (Å²) in [5.74, 6) is -0.00266. The van der Waals surface area contributed by atoms with Gasteiger partial charge in [0.2, 0.25) is 0 Å². The smallest absolute Gasteiger partial charge is 0.194 e. The number of benzene rings is 2. The zero-order valence-corrected chi connectivity index (χ0v) is 12.4. The van der Waals surface area contributed by atoms with Gasteiger partial charge >= 0.3 is 0 Å². The van der Waals surface area contributed by atoms with E-state index >= 15 is 0 Å². The first-order chi connectivity index (χ1) is 9.11. The lowest BCUT2D eigenvalue weighted by atomic mass is 9.99. The second kappa shape index (κ2) is 6.02.